The van der Waals surface area contributed by atoms with E-state index in [1.165, 1.54) is 43.0 Å². The lowest BCUT2D eigenvalue weighted by Gasteiger charge is -2.20. The van der Waals surface area contributed by atoms with Gasteiger partial charge in [-0.1, -0.05) is 45.0 Å². The molecule has 13 nitrogen and oxygen atoms in total. The number of carbonyl (C=O) groups excluding carboxylic acids is 1. The van der Waals surface area contributed by atoms with Gasteiger partial charge in [-0.25, -0.2) is 28.2 Å². The number of aromatic nitrogens is 4. The van der Waals surface area contributed by atoms with Crippen molar-refractivity contribution in [1.29, 1.82) is 0 Å². The van der Waals surface area contributed by atoms with E-state index in [0.717, 1.165) is 5.56 Å². The van der Waals surface area contributed by atoms with Crippen LogP contribution in [0, 0.1) is 0 Å². The van der Waals surface area contributed by atoms with Gasteiger partial charge in [0.05, 0.1) is 17.0 Å². The molecule has 0 radical (unpaired) electrons. The molecule has 0 saturated heterocycles. The SMILES string of the molecule is COc1ccccc1Oc1c(NS(=O)(=O)c2ccc(C(C)(C)C)cc2)nc(-c2ncccn2)nc1OCCOC(=O)Nc1cccs1. The first-order valence-electron chi connectivity index (χ1n) is 14.3. The summed E-state index contributed by atoms with van der Waals surface area (Å²) in [6.45, 7) is 5.76. The number of ether oxygens (including phenoxy) is 4. The van der Waals surface area contributed by atoms with Gasteiger partial charge in [0, 0.05) is 12.4 Å². The summed E-state index contributed by atoms with van der Waals surface area (Å²) in [6.07, 6.45) is 2.31. The smallest absolute Gasteiger partial charge is 0.412 e. The van der Waals surface area contributed by atoms with E-state index in [1.807, 2.05) is 26.2 Å². The second-order valence-corrected chi connectivity index (χ2v) is 13.5. The quantitative estimate of drug-likeness (QED) is 0.138. The minimum absolute atomic E-state index is 0.00233. The van der Waals surface area contributed by atoms with Crippen LogP contribution in [0.2, 0.25) is 0 Å². The molecule has 0 saturated carbocycles. The monoisotopic (exact) mass is 676 g/mol. The van der Waals surface area contributed by atoms with E-state index >= 15 is 0 Å². The Balaban J connectivity index is 1.52. The Bertz CT molecular complexity index is 1920. The zero-order valence-electron chi connectivity index (χ0n) is 26.0. The number of hydrogen-bond donors (Lipinski definition) is 2. The lowest BCUT2D eigenvalue weighted by molar-refractivity contribution is 0.135. The number of hydrogen-bond acceptors (Lipinski definition) is 12. The molecule has 5 aromatic rings. The Hall–Kier alpha value is -5.28. The topological polar surface area (TPSA) is 164 Å². The lowest BCUT2D eigenvalue weighted by atomic mass is 9.87. The number of anilines is 2. The lowest BCUT2D eigenvalue weighted by Crippen LogP contribution is -2.19. The second kappa shape index (κ2) is 14.4. The van der Waals surface area contributed by atoms with Crippen molar-refractivity contribution in [2.24, 2.45) is 0 Å². The number of carbonyl (C=O) groups is 1. The summed E-state index contributed by atoms with van der Waals surface area (Å²) in [5.74, 6) is 0.0405. The third-order valence-electron chi connectivity index (χ3n) is 6.44. The van der Waals surface area contributed by atoms with Crippen LogP contribution in [-0.2, 0) is 20.2 Å². The fourth-order valence-corrected chi connectivity index (χ4v) is 5.70. The van der Waals surface area contributed by atoms with E-state index in [1.54, 1.807) is 54.6 Å². The van der Waals surface area contributed by atoms with Gasteiger partial charge in [-0.05, 0) is 58.8 Å². The number of methoxy groups -OCH3 is 1. The predicted octanol–water partition coefficient (Wildman–Crippen LogP) is 6.52. The van der Waals surface area contributed by atoms with Crippen LogP contribution >= 0.6 is 11.3 Å². The Morgan fingerprint density at radius 1 is 0.872 bits per heavy atom. The highest BCUT2D eigenvalue weighted by molar-refractivity contribution is 7.92. The molecule has 0 atom stereocenters. The third kappa shape index (κ3) is 8.51. The molecule has 47 heavy (non-hydrogen) atoms. The van der Waals surface area contributed by atoms with Crippen molar-refractivity contribution < 1.29 is 32.2 Å². The van der Waals surface area contributed by atoms with Crippen molar-refractivity contribution in [3.63, 3.8) is 0 Å². The van der Waals surface area contributed by atoms with Crippen LogP contribution in [0.1, 0.15) is 26.3 Å². The summed E-state index contributed by atoms with van der Waals surface area (Å²) < 4.78 is 52.8. The van der Waals surface area contributed by atoms with E-state index < -0.39 is 16.1 Å². The number of para-hydroxylation sites is 2. The van der Waals surface area contributed by atoms with Gasteiger partial charge in [-0.2, -0.15) is 4.98 Å². The molecule has 15 heteroatoms. The summed E-state index contributed by atoms with van der Waals surface area (Å²) >= 11 is 1.34. The summed E-state index contributed by atoms with van der Waals surface area (Å²) in [5, 5.41) is 5.05. The molecule has 0 spiro atoms. The molecular formula is C32H32N6O7S2. The van der Waals surface area contributed by atoms with Gasteiger partial charge in [0.25, 0.3) is 15.9 Å². The first-order chi connectivity index (χ1) is 22.5. The molecule has 0 aliphatic carbocycles. The molecule has 0 aliphatic rings. The molecule has 0 unspecified atom stereocenters. The van der Waals surface area contributed by atoms with Gasteiger partial charge in [0.2, 0.25) is 11.6 Å². The first-order valence-corrected chi connectivity index (χ1v) is 16.6. The summed E-state index contributed by atoms with van der Waals surface area (Å²) in [6, 6.07) is 18.4. The summed E-state index contributed by atoms with van der Waals surface area (Å²) in [7, 11) is -2.74. The van der Waals surface area contributed by atoms with E-state index in [0.29, 0.717) is 10.8 Å². The number of thiophene rings is 1. The fraction of sp³-hybridized carbons (Fsp3) is 0.219. The van der Waals surface area contributed by atoms with Gasteiger partial charge in [0.1, 0.15) is 13.2 Å². The van der Waals surface area contributed by atoms with Crippen molar-refractivity contribution in [1.82, 2.24) is 19.9 Å². The number of benzene rings is 2. The predicted molar refractivity (Wildman–Crippen MR) is 177 cm³/mol. The van der Waals surface area contributed by atoms with Gasteiger partial charge >= 0.3 is 6.09 Å². The molecule has 3 heterocycles. The van der Waals surface area contributed by atoms with Crippen LogP contribution in [0.3, 0.4) is 0 Å². The van der Waals surface area contributed by atoms with E-state index in [-0.39, 0.29) is 58.4 Å². The average molecular weight is 677 g/mol. The Kier molecular flexibility index (Phi) is 10.2. The molecule has 244 valence electrons. The Labute approximate surface area is 276 Å². The van der Waals surface area contributed by atoms with E-state index in [2.05, 4.69) is 30.0 Å². The van der Waals surface area contributed by atoms with Crippen LogP contribution in [0.4, 0.5) is 15.6 Å². The Morgan fingerprint density at radius 2 is 1.60 bits per heavy atom. The average Bonchev–Trinajstić information content (AvgIpc) is 3.57. The molecule has 5 rings (SSSR count). The fourth-order valence-electron chi connectivity index (χ4n) is 4.10. The van der Waals surface area contributed by atoms with Gasteiger partial charge < -0.3 is 18.9 Å². The van der Waals surface area contributed by atoms with Crippen molar-refractivity contribution in [2.45, 2.75) is 31.1 Å². The minimum Gasteiger partial charge on any atom is -0.493 e. The largest absolute Gasteiger partial charge is 0.493 e. The number of amides is 1. The molecule has 0 aliphatic heterocycles. The maximum atomic E-state index is 13.7. The standard InChI is InChI=1S/C32H32N6O7S2/c1-32(2,3)21-12-14-22(15-13-21)47(40,41)38-27-26(45-24-10-6-5-9-23(24)42-4)30(37-29(36-27)28-33-16-8-17-34-28)43-18-19-44-31(39)35-25-11-7-20-46-25/h5-17,20H,18-19H2,1-4H3,(H,35,39)(H,36,37,38). The van der Waals surface area contributed by atoms with Crippen LogP contribution < -0.4 is 24.2 Å². The van der Waals surface area contributed by atoms with Crippen LogP contribution in [0.15, 0.2) is 89.4 Å². The van der Waals surface area contributed by atoms with Gasteiger partial charge in [-0.15, -0.1) is 11.3 Å². The van der Waals surface area contributed by atoms with Gasteiger partial charge in [-0.3, -0.25) is 10.0 Å². The summed E-state index contributed by atoms with van der Waals surface area (Å²) in [5.41, 5.74) is 0.785. The molecule has 2 N–H and O–H groups in total. The van der Waals surface area contributed by atoms with Crippen molar-refractivity contribution in [3.05, 3.63) is 90.1 Å². The molecule has 0 bridgehead atoms. The maximum absolute atomic E-state index is 13.7. The molecule has 1 amide bonds. The maximum Gasteiger partial charge on any atom is 0.412 e. The number of nitrogens with zero attached hydrogens (tertiary/aromatic N) is 4. The summed E-state index contributed by atoms with van der Waals surface area (Å²) in [4.78, 5) is 29.6. The number of nitrogens with one attached hydrogen (secondary N) is 2. The highest BCUT2D eigenvalue weighted by atomic mass is 32.2. The minimum atomic E-state index is -4.21. The Morgan fingerprint density at radius 3 is 2.26 bits per heavy atom. The van der Waals surface area contributed by atoms with Crippen molar-refractivity contribution in [2.75, 3.05) is 30.4 Å². The van der Waals surface area contributed by atoms with Crippen LogP contribution in [0.25, 0.3) is 11.6 Å². The normalized spacial score (nSPS) is 11.4. The zero-order chi connectivity index (χ0) is 33.4. The first kappa shape index (κ1) is 33.1. The van der Waals surface area contributed by atoms with Crippen LogP contribution in [0.5, 0.6) is 23.1 Å². The molecule has 3 aromatic heterocycles. The molecular weight excluding hydrogens is 645 g/mol. The van der Waals surface area contributed by atoms with Crippen molar-refractivity contribution in [3.8, 4) is 34.8 Å². The number of sulfonamides is 1. The molecule has 0 fully saturated rings. The molecule has 2 aromatic carbocycles. The van der Waals surface area contributed by atoms with E-state index in [9.17, 15) is 13.2 Å². The van der Waals surface area contributed by atoms with Crippen molar-refractivity contribution >= 4 is 38.3 Å². The highest BCUT2D eigenvalue weighted by Crippen LogP contribution is 2.41. The number of rotatable bonds is 12. The highest BCUT2D eigenvalue weighted by Gasteiger charge is 2.26. The third-order valence-corrected chi connectivity index (χ3v) is 8.58. The van der Waals surface area contributed by atoms with E-state index in [4.69, 9.17) is 18.9 Å². The second-order valence-electron chi connectivity index (χ2n) is 10.8. The zero-order valence-corrected chi connectivity index (χ0v) is 27.6. The van der Waals surface area contributed by atoms with Crippen LogP contribution in [-0.4, -0.2) is 54.8 Å². The van der Waals surface area contributed by atoms with Gasteiger partial charge in [0.15, 0.2) is 23.1 Å².